The maximum atomic E-state index is 13.6. The monoisotopic (exact) mass is 392 g/mol. The fourth-order valence-electron chi connectivity index (χ4n) is 1.65. The molecule has 0 spiro atoms. The van der Waals surface area contributed by atoms with E-state index in [0.29, 0.717) is 5.56 Å². The number of hydrogen-bond acceptors (Lipinski definition) is 4. The molecule has 0 heterocycles. The van der Waals surface area contributed by atoms with Crippen molar-refractivity contribution in [2.75, 3.05) is 12.5 Å². The lowest BCUT2D eigenvalue weighted by atomic mass is 10.2. The van der Waals surface area contributed by atoms with Gasteiger partial charge in [0.15, 0.2) is 34.8 Å². The number of benzene rings is 2. The minimum Gasteiger partial charge on any atom is -0.504 e. The van der Waals surface area contributed by atoms with E-state index in [2.05, 4.69) is 21.0 Å². The van der Waals surface area contributed by atoms with Crippen LogP contribution in [0.5, 0.6) is 11.5 Å². The molecule has 4 nitrogen and oxygen atoms in total. The first kappa shape index (κ1) is 17.1. The molecule has 2 N–H and O–H groups in total. The lowest BCUT2D eigenvalue weighted by molar-refractivity contribution is 0.373. The van der Waals surface area contributed by atoms with Gasteiger partial charge in [-0.15, -0.1) is 0 Å². The summed E-state index contributed by atoms with van der Waals surface area (Å²) < 4.78 is 57.9. The van der Waals surface area contributed by atoms with Gasteiger partial charge in [-0.3, -0.25) is 5.43 Å². The Labute approximate surface area is 136 Å². The van der Waals surface area contributed by atoms with Crippen molar-refractivity contribution in [1.82, 2.24) is 0 Å². The highest BCUT2D eigenvalue weighted by Crippen LogP contribution is 2.31. The molecule has 23 heavy (non-hydrogen) atoms. The molecule has 2 aromatic rings. The minimum absolute atomic E-state index is 0.105. The van der Waals surface area contributed by atoms with Gasteiger partial charge >= 0.3 is 0 Å². The Morgan fingerprint density at radius 2 is 1.74 bits per heavy atom. The zero-order chi connectivity index (χ0) is 17.1. The van der Waals surface area contributed by atoms with E-state index < -0.39 is 33.4 Å². The first-order valence-electron chi connectivity index (χ1n) is 6.04. The minimum atomic E-state index is -1.61. The number of ether oxygens (including phenoxy) is 1. The van der Waals surface area contributed by atoms with Gasteiger partial charge in [-0.2, -0.15) is 5.10 Å². The number of phenols is 1. The molecule has 0 fully saturated rings. The number of rotatable bonds is 4. The van der Waals surface area contributed by atoms with Crippen LogP contribution in [0.1, 0.15) is 5.56 Å². The molecule has 2 aromatic carbocycles. The first-order chi connectivity index (χ1) is 10.9. The molecular formula is C14H9BrF4N2O2. The van der Waals surface area contributed by atoms with Crippen LogP contribution in [0.3, 0.4) is 0 Å². The number of nitrogens with zero attached hydrogens (tertiary/aromatic N) is 1. The molecule has 0 aliphatic heterocycles. The van der Waals surface area contributed by atoms with E-state index in [-0.39, 0.29) is 11.5 Å². The molecule has 0 aliphatic rings. The molecule has 0 atom stereocenters. The van der Waals surface area contributed by atoms with Gasteiger partial charge in [0.25, 0.3) is 0 Å². The van der Waals surface area contributed by atoms with Crippen LogP contribution in [-0.2, 0) is 0 Å². The summed E-state index contributed by atoms with van der Waals surface area (Å²) in [7, 11) is 1.34. The average molecular weight is 393 g/mol. The summed E-state index contributed by atoms with van der Waals surface area (Å²) in [5.74, 6) is -6.33. The van der Waals surface area contributed by atoms with Crippen molar-refractivity contribution < 1.29 is 27.4 Å². The van der Waals surface area contributed by atoms with Crippen LogP contribution in [0.25, 0.3) is 0 Å². The fourth-order valence-corrected chi connectivity index (χ4v) is 2.00. The zero-order valence-electron chi connectivity index (χ0n) is 11.5. The Balaban J connectivity index is 2.28. The molecule has 0 aromatic heterocycles. The van der Waals surface area contributed by atoms with E-state index in [1.807, 2.05) is 5.43 Å². The quantitative estimate of drug-likeness (QED) is 0.270. The van der Waals surface area contributed by atoms with Crippen LogP contribution >= 0.6 is 15.9 Å². The molecule has 0 aliphatic carbocycles. The lowest BCUT2D eigenvalue weighted by Gasteiger charge is -2.08. The largest absolute Gasteiger partial charge is 0.504 e. The van der Waals surface area contributed by atoms with E-state index >= 15 is 0 Å². The Hall–Kier alpha value is -2.29. The second-order valence-electron chi connectivity index (χ2n) is 4.25. The number of halogens is 5. The maximum Gasteiger partial charge on any atom is 0.188 e. The summed E-state index contributed by atoms with van der Waals surface area (Å²) in [6.45, 7) is 0. The van der Waals surface area contributed by atoms with Crippen molar-refractivity contribution in [2.45, 2.75) is 0 Å². The number of nitrogens with one attached hydrogen (secondary N) is 1. The van der Waals surface area contributed by atoms with Gasteiger partial charge < -0.3 is 9.84 Å². The van der Waals surface area contributed by atoms with Gasteiger partial charge in [0.2, 0.25) is 0 Å². The number of hydrogen-bond donors (Lipinski definition) is 2. The third-order valence-electron chi connectivity index (χ3n) is 2.80. The zero-order valence-corrected chi connectivity index (χ0v) is 13.1. The number of hydrazone groups is 1. The Kier molecular flexibility index (Phi) is 5.09. The molecule has 122 valence electrons. The highest BCUT2D eigenvalue weighted by Gasteiger charge is 2.23. The van der Waals surface area contributed by atoms with Gasteiger partial charge in [0.05, 0.1) is 17.8 Å². The van der Waals surface area contributed by atoms with Crippen LogP contribution in [0.2, 0.25) is 0 Å². The summed E-state index contributed by atoms with van der Waals surface area (Å²) in [5.41, 5.74) is 1.25. The van der Waals surface area contributed by atoms with E-state index in [0.717, 1.165) is 6.21 Å². The molecule has 0 radical (unpaired) electrons. The van der Waals surface area contributed by atoms with E-state index in [4.69, 9.17) is 4.74 Å². The van der Waals surface area contributed by atoms with Gasteiger partial charge in [-0.25, -0.2) is 17.6 Å². The topological polar surface area (TPSA) is 53.8 Å². The highest BCUT2D eigenvalue weighted by molar-refractivity contribution is 9.10. The highest BCUT2D eigenvalue weighted by atomic mass is 79.9. The van der Waals surface area contributed by atoms with Crippen LogP contribution in [0.4, 0.5) is 23.2 Å². The summed E-state index contributed by atoms with van der Waals surface area (Å²) in [4.78, 5) is 0. The second-order valence-corrected chi connectivity index (χ2v) is 5.04. The van der Waals surface area contributed by atoms with E-state index in [1.165, 1.54) is 25.3 Å². The molecule has 9 heteroatoms. The van der Waals surface area contributed by atoms with Crippen molar-refractivity contribution in [3.05, 3.63) is 51.5 Å². The average Bonchev–Trinajstić information content (AvgIpc) is 2.55. The Morgan fingerprint density at radius 1 is 1.13 bits per heavy atom. The molecule has 0 saturated carbocycles. The number of phenolic OH excluding ortho intramolecular Hbond substituents is 1. The number of anilines is 1. The summed E-state index contributed by atoms with van der Waals surface area (Å²) in [6, 6.07) is 4.16. The van der Waals surface area contributed by atoms with Crippen LogP contribution in [0, 0.1) is 23.3 Å². The van der Waals surface area contributed by atoms with Crippen LogP contribution in [-0.4, -0.2) is 18.4 Å². The van der Waals surface area contributed by atoms with Gasteiger partial charge in [-0.1, -0.05) is 0 Å². The molecule has 0 bridgehead atoms. The molecular weight excluding hydrogens is 384 g/mol. The van der Waals surface area contributed by atoms with Gasteiger partial charge in [0.1, 0.15) is 5.69 Å². The third kappa shape index (κ3) is 3.39. The summed E-state index contributed by atoms with van der Waals surface area (Å²) in [5, 5.41) is 12.9. The third-order valence-corrected chi connectivity index (χ3v) is 3.50. The Bertz CT molecular complexity index is 755. The van der Waals surface area contributed by atoms with E-state index in [1.54, 1.807) is 0 Å². The molecule has 0 saturated heterocycles. The van der Waals surface area contributed by atoms with Crippen molar-refractivity contribution in [2.24, 2.45) is 5.10 Å². The summed E-state index contributed by atoms with van der Waals surface area (Å²) in [6.07, 6.45) is 1.12. The SMILES string of the molecule is COc1cc(/C=N/Nc2c(F)c(F)c(Br)c(F)c2F)ccc1O. The van der Waals surface area contributed by atoms with Crippen LogP contribution in [0.15, 0.2) is 27.8 Å². The molecule has 0 amide bonds. The molecule has 2 rings (SSSR count). The van der Waals surface area contributed by atoms with Crippen LogP contribution < -0.4 is 10.2 Å². The summed E-state index contributed by atoms with van der Waals surface area (Å²) >= 11 is 2.41. The second kappa shape index (κ2) is 6.86. The van der Waals surface area contributed by atoms with Gasteiger partial charge in [0, 0.05) is 0 Å². The molecule has 0 unspecified atom stereocenters. The fraction of sp³-hybridized carbons (Fsp3) is 0.0714. The smallest absolute Gasteiger partial charge is 0.188 e. The van der Waals surface area contributed by atoms with Crippen molar-refractivity contribution in [1.29, 1.82) is 0 Å². The predicted molar refractivity (Wildman–Crippen MR) is 79.8 cm³/mol. The first-order valence-corrected chi connectivity index (χ1v) is 6.83. The predicted octanol–water partition coefficient (Wildman–Crippen LogP) is 4.17. The lowest BCUT2D eigenvalue weighted by Crippen LogP contribution is -2.04. The van der Waals surface area contributed by atoms with Crippen molar-refractivity contribution >= 4 is 27.8 Å². The normalized spacial score (nSPS) is 11.0. The standard InChI is InChI=1S/C14H9BrF4N2O2/c1-23-8-4-6(2-3-7(8)22)5-20-21-14-12(18)10(16)9(15)11(17)13(14)19/h2-5,21-22H,1H3/b20-5+. The number of aromatic hydroxyl groups is 1. The van der Waals surface area contributed by atoms with Crippen molar-refractivity contribution in [3.8, 4) is 11.5 Å². The Morgan fingerprint density at radius 3 is 2.30 bits per heavy atom. The van der Waals surface area contributed by atoms with Crippen molar-refractivity contribution in [3.63, 3.8) is 0 Å². The number of methoxy groups -OCH3 is 1. The maximum absolute atomic E-state index is 13.6. The van der Waals surface area contributed by atoms with Gasteiger partial charge in [-0.05, 0) is 39.7 Å². The van der Waals surface area contributed by atoms with E-state index in [9.17, 15) is 22.7 Å².